The van der Waals surface area contributed by atoms with Crippen LogP contribution < -0.4 is 14.2 Å². The van der Waals surface area contributed by atoms with Gasteiger partial charge in [0.15, 0.2) is 11.5 Å². The summed E-state index contributed by atoms with van der Waals surface area (Å²) in [4.78, 5) is 31.9. The first kappa shape index (κ1) is 25.9. The van der Waals surface area contributed by atoms with E-state index in [1.807, 2.05) is 54.7 Å². The minimum atomic E-state index is -0.825. The third-order valence-corrected chi connectivity index (χ3v) is 7.14. The van der Waals surface area contributed by atoms with Crippen molar-refractivity contribution in [2.75, 3.05) is 27.9 Å². The van der Waals surface area contributed by atoms with Gasteiger partial charge in [0, 0.05) is 41.7 Å². The molecule has 0 fully saturated rings. The zero-order valence-electron chi connectivity index (χ0n) is 22.1. The van der Waals surface area contributed by atoms with Gasteiger partial charge in [-0.1, -0.05) is 30.3 Å². The number of aromatic amines is 1. The molecule has 4 aromatic rings. The van der Waals surface area contributed by atoms with Crippen molar-refractivity contribution in [3.63, 3.8) is 0 Å². The van der Waals surface area contributed by atoms with Gasteiger partial charge in [0.2, 0.25) is 0 Å². The zero-order valence-corrected chi connectivity index (χ0v) is 22.1. The largest absolute Gasteiger partial charge is 0.503 e. The summed E-state index contributed by atoms with van der Waals surface area (Å²) in [5.41, 5.74) is 3.38. The molecular weight excluding hydrogens is 496 g/mol. The highest BCUT2D eigenvalue weighted by atomic mass is 16.5. The predicted octanol–water partition coefficient (Wildman–Crippen LogP) is 4.94. The van der Waals surface area contributed by atoms with Crippen LogP contribution in [0.25, 0.3) is 10.9 Å². The van der Waals surface area contributed by atoms with Gasteiger partial charge in [-0.05, 0) is 47.9 Å². The average molecular weight is 527 g/mol. The Morgan fingerprint density at radius 1 is 0.949 bits per heavy atom. The second-order valence-electron chi connectivity index (χ2n) is 9.33. The van der Waals surface area contributed by atoms with E-state index in [9.17, 15) is 14.7 Å². The van der Waals surface area contributed by atoms with Gasteiger partial charge in [-0.15, -0.1) is 0 Å². The number of nitrogens with zero attached hydrogens (tertiary/aromatic N) is 1. The van der Waals surface area contributed by atoms with Crippen molar-refractivity contribution < 1.29 is 28.9 Å². The number of fused-ring (bicyclic) bond motifs is 1. The molecule has 5 rings (SSSR count). The van der Waals surface area contributed by atoms with E-state index in [-0.39, 0.29) is 24.3 Å². The number of amides is 1. The topological polar surface area (TPSA) is 101 Å². The summed E-state index contributed by atoms with van der Waals surface area (Å²) in [6.45, 7) is 0.259. The summed E-state index contributed by atoms with van der Waals surface area (Å²) >= 11 is 0. The SMILES string of the molecule is COc1ccc([C@@H]2C(C(=O)Cc3ccccc3)=C(O)C(=O)N2CCc2c[nH]c3ccc(OC)cc23)c(OC)c1. The van der Waals surface area contributed by atoms with Gasteiger partial charge < -0.3 is 29.2 Å². The van der Waals surface area contributed by atoms with Gasteiger partial charge in [0.1, 0.15) is 17.2 Å². The summed E-state index contributed by atoms with van der Waals surface area (Å²) in [5, 5.41) is 12.0. The lowest BCUT2D eigenvalue weighted by Crippen LogP contribution is -2.33. The molecule has 8 heteroatoms. The minimum Gasteiger partial charge on any atom is -0.503 e. The van der Waals surface area contributed by atoms with Gasteiger partial charge in [-0.25, -0.2) is 0 Å². The van der Waals surface area contributed by atoms with E-state index in [2.05, 4.69) is 4.98 Å². The molecule has 1 aliphatic heterocycles. The highest BCUT2D eigenvalue weighted by Gasteiger charge is 2.44. The molecule has 1 amide bonds. The van der Waals surface area contributed by atoms with E-state index < -0.39 is 17.7 Å². The van der Waals surface area contributed by atoms with Gasteiger partial charge in [-0.2, -0.15) is 0 Å². The van der Waals surface area contributed by atoms with E-state index in [1.54, 1.807) is 32.4 Å². The van der Waals surface area contributed by atoms with Crippen molar-refractivity contribution in [1.82, 2.24) is 9.88 Å². The number of ether oxygens (including phenoxy) is 3. The van der Waals surface area contributed by atoms with E-state index in [1.165, 1.54) is 12.0 Å². The van der Waals surface area contributed by atoms with Crippen LogP contribution in [0.2, 0.25) is 0 Å². The lowest BCUT2D eigenvalue weighted by molar-refractivity contribution is -0.129. The standard InChI is InChI=1S/C31H30N2O6/c1-37-21-10-12-25-24(16-21)20(18-32-25)13-14-33-29(23-11-9-22(38-2)17-27(23)39-3)28(30(35)31(33)36)26(34)15-19-7-5-4-6-8-19/h4-12,16-18,29,32,35H,13-15H2,1-3H3/t29-/m1/s1. The second kappa shape index (κ2) is 10.9. The minimum absolute atomic E-state index is 0.0541. The molecule has 1 atom stereocenters. The van der Waals surface area contributed by atoms with Gasteiger partial charge in [-0.3, -0.25) is 9.59 Å². The first-order chi connectivity index (χ1) is 18.9. The van der Waals surface area contributed by atoms with E-state index >= 15 is 0 Å². The molecule has 2 heterocycles. The number of methoxy groups -OCH3 is 3. The van der Waals surface area contributed by atoms with Crippen molar-refractivity contribution in [2.45, 2.75) is 18.9 Å². The van der Waals surface area contributed by atoms with Crippen molar-refractivity contribution in [3.05, 3.63) is 101 Å². The molecule has 1 aliphatic rings. The highest BCUT2D eigenvalue weighted by molar-refractivity contribution is 6.09. The quantitative estimate of drug-likeness (QED) is 0.304. The molecule has 0 unspecified atom stereocenters. The number of carbonyl (C=O) groups excluding carboxylic acids is 2. The molecule has 8 nitrogen and oxygen atoms in total. The van der Waals surface area contributed by atoms with Crippen molar-refractivity contribution in [2.24, 2.45) is 0 Å². The Labute approximate surface area is 226 Å². The molecule has 0 bridgehead atoms. The van der Waals surface area contributed by atoms with Gasteiger partial charge >= 0.3 is 0 Å². The number of aliphatic hydroxyl groups is 1. The van der Waals surface area contributed by atoms with E-state index in [0.717, 1.165) is 27.8 Å². The lowest BCUT2D eigenvalue weighted by atomic mass is 9.92. The Balaban J connectivity index is 1.52. The summed E-state index contributed by atoms with van der Waals surface area (Å²) < 4.78 is 16.4. The molecule has 3 aromatic carbocycles. The maximum atomic E-state index is 13.6. The first-order valence-corrected chi connectivity index (χ1v) is 12.6. The molecule has 0 spiro atoms. The number of nitrogens with one attached hydrogen (secondary N) is 1. The van der Waals surface area contributed by atoms with E-state index in [0.29, 0.717) is 23.5 Å². The molecule has 200 valence electrons. The number of rotatable bonds is 10. The number of aliphatic hydroxyl groups excluding tert-OH is 1. The van der Waals surface area contributed by atoms with Crippen LogP contribution in [0.3, 0.4) is 0 Å². The van der Waals surface area contributed by atoms with Crippen LogP contribution >= 0.6 is 0 Å². The normalized spacial score (nSPS) is 15.2. The van der Waals surface area contributed by atoms with Crippen LogP contribution in [-0.2, 0) is 22.4 Å². The van der Waals surface area contributed by atoms with Crippen molar-refractivity contribution >= 4 is 22.6 Å². The summed E-state index contributed by atoms with van der Waals surface area (Å²) in [5.74, 6) is 0.313. The average Bonchev–Trinajstić information content (AvgIpc) is 3.48. The monoisotopic (exact) mass is 526 g/mol. The maximum Gasteiger partial charge on any atom is 0.290 e. The van der Waals surface area contributed by atoms with E-state index in [4.69, 9.17) is 14.2 Å². The molecule has 2 N–H and O–H groups in total. The maximum absolute atomic E-state index is 13.6. The van der Waals surface area contributed by atoms with Crippen LogP contribution in [-0.4, -0.2) is 54.6 Å². The molecular formula is C31H30N2O6. The first-order valence-electron chi connectivity index (χ1n) is 12.6. The van der Waals surface area contributed by atoms with Crippen LogP contribution in [0.15, 0.2) is 84.3 Å². The zero-order chi connectivity index (χ0) is 27.5. The number of benzene rings is 3. The number of ketones is 1. The highest BCUT2D eigenvalue weighted by Crippen LogP contribution is 2.43. The number of H-pyrrole nitrogens is 1. The van der Waals surface area contributed by atoms with Gasteiger partial charge in [0.25, 0.3) is 5.91 Å². The molecule has 0 saturated heterocycles. The lowest BCUT2D eigenvalue weighted by Gasteiger charge is -2.28. The number of hydrogen-bond donors (Lipinski definition) is 2. The predicted molar refractivity (Wildman–Crippen MR) is 147 cm³/mol. The molecule has 0 saturated carbocycles. The van der Waals surface area contributed by atoms with Crippen LogP contribution in [0.4, 0.5) is 0 Å². The van der Waals surface area contributed by atoms with Gasteiger partial charge in [0.05, 0.1) is 32.9 Å². The molecule has 39 heavy (non-hydrogen) atoms. The summed E-state index contributed by atoms with van der Waals surface area (Å²) in [6, 6.07) is 19.4. The number of aromatic nitrogens is 1. The van der Waals surface area contributed by atoms with Crippen LogP contribution in [0.1, 0.15) is 22.7 Å². The fraction of sp³-hybridized carbons (Fsp3) is 0.226. The smallest absolute Gasteiger partial charge is 0.290 e. The Bertz CT molecular complexity index is 1560. The van der Waals surface area contributed by atoms with Crippen LogP contribution in [0, 0.1) is 0 Å². The second-order valence-corrected chi connectivity index (χ2v) is 9.33. The number of hydrogen-bond acceptors (Lipinski definition) is 6. The number of Topliss-reactive ketones (excluding diaryl/α,β-unsaturated/α-hetero) is 1. The Kier molecular flexibility index (Phi) is 7.27. The summed E-state index contributed by atoms with van der Waals surface area (Å²) in [6.07, 6.45) is 2.45. The fourth-order valence-electron chi connectivity index (χ4n) is 5.15. The molecule has 0 aliphatic carbocycles. The van der Waals surface area contributed by atoms with Crippen LogP contribution in [0.5, 0.6) is 17.2 Å². The fourth-order valence-corrected chi connectivity index (χ4v) is 5.15. The Morgan fingerprint density at radius 3 is 2.38 bits per heavy atom. The molecule has 0 radical (unpaired) electrons. The summed E-state index contributed by atoms with van der Waals surface area (Å²) in [7, 11) is 4.69. The third-order valence-electron chi connectivity index (χ3n) is 7.14. The number of carbonyl (C=O) groups is 2. The molecule has 1 aromatic heterocycles. The Morgan fingerprint density at radius 2 is 1.67 bits per heavy atom. The van der Waals surface area contributed by atoms with Crippen molar-refractivity contribution in [3.8, 4) is 17.2 Å². The third kappa shape index (κ3) is 4.93. The Hall–Kier alpha value is -4.72. The van der Waals surface area contributed by atoms with Crippen molar-refractivity contribution in [1.29, 1.82) is 0 Å².